The van der Waals surface area contributed by atoms with Crippen LogP contribution >= 0.6 is 0 Å². The first-order valence-electron chi connectivity index (χ1n) is 11.2. The monoisotopic (exact) mass is 475 g/mol. The zero-order valence-electron chi connectivity index (χ0n) is 18.7. The lowest BCUT2D eigenvalue weighted by molar-refractivity contribution is -0.274. The highest BCUT2D eigenvalue weighted by atomic mass is 19.4. The molecule has 0 bridgehead atoms. The topological polar surface area (TPSA) is 98.5 Å². The second kappa shape index (κ2) is 10.0. The summed E-state index contributed by atoms with van der Waals surface area (Å²) in [6.45, 7) is 3.68. The lowest BCUT2D eigenvalue weighted by Crippen LogP contribution is -2.47. The van der Waals surface area contributed by atoms with Crippen LogP contribution in [0.3, 0.4) is 0 Å². The molecule has 1 aliphatic heterocycles. The third kappa shape index (κ3) is 5.52. The predicted octanol–water partition coefficient (Wildman–Crippen LogP) is 2.95. The van der Waals surface area contributed by atoms with E-state index in [4.69, 9.17) is 11.5 Å². The van der Waals surface area contributed by atoms with Crippen LogP contribution in [-0.2, 0) is 24.4 Å². The summed E-state index contributed by atoms with van der Waals surface area (Å²) in [5.41, 5.74) is 15.9. The lowest BCUT2D eigenvalue weighted by Gasteiger charge is -2.26. The van der Waals surface area contributed by atoms with Gasteiger partial charge in [0.2, 0.25) is 5.91 Å². The molecular formula is C24H28F3N5O2. The number of halogens is 3. The van der Waals surface area contributed by atoms with E-state index in [-0.39, 0.29) is 18.2 Å². The summed E-state index contributed by atoms with van der Waals surface area (Å²) in [4.78, 5) is 13.8. The molecule has 1 aromatic heterocycles. The number of piperazine rings is 1. The van der Waals surface area contributed by atoms with Crippen LogP contribution in [0.1, 0.15) is 17.5 Å². The molecule has 7 nitrogen and oxygen atoms in total. The molecule has 34 heavy (non-hydrogen) atoms. The van der Waals surface area contributed by atoms with Crippen LogP contribution in [0, 0.1) is 0 Å². The van der Waals surface area contributed by atoms with Crippen molar-refractivity contribution in [3.8, 4) is 16.9 Å². The number of amides is 1. The van der Waals surface area contributed by atoms with Crippen molar-refractivity contribution in [1.82, 2.24) is 14.8 Å². The minimum atomic E-state index is -4.77. The van der Waals surface area contributed by atoms with Crippen molar-refractivity contribution in [2.45, 2.75) is 32.4 Å². The van der Waals surface area contributed by atoms with Crippen LogP contribution < -0.4 is 21.5 Å². The fourth-order valence-electron chi connectivity index (χ4n) is 4.39. The Morgan fingerprint density at radius 3 is 2.62 bits per heavy atom. The number of ether oxygens (including phenoxy) is 1. The van der Waals surface area contributed by atoms with Gasteiger partial charge in [-0.05, 0) is 53.9 Å². The van der Waals surface area contributed by atoms with Crippen LogP contribution in [0.4, 0.5) is 13.2 Å². The largest absolute Gasteiger partial charge is 0.573 e. The number of carbonyl (C=O) groups is 1. The van der Waals surface area contributed by atoms with Crippen LogP contribution in [-0.4, -0.2) is 47.9 Å². The normalized spacial score (nSPS) is 15.0. The lowest BCUT2D eigenvalue weighted by atomic mass is 9.98. The Bertz CT molecular complexity index is 1180. The molecule has 0 radical (unpaired) electrons. The third-order valence-electron chi connectivity index (χ3n) is 5.89. The molecule has 0 atom stereocenters. The van der Waals surface area contributed by atoms with E-state index in [0.29, 0.717) is 38.3 Å². The van der Waals surface area contributed by atoms with E-state index in [9.17, 15) is 18.0 Å². The van der Waals surface area contributed by atoms with E-state index in [0.717, 1.165) is 40.6 Å². The van der Waals surface area contributed by atoms with Gasteiger partial charge in [0.15, 0.2) is 0 Å². The molecule has 1 fully saturated rings. The van der Waals surface area contributed by atoms with Gasteiger partial charge in [-0.3, -0.25) is 9.69 Å². The Hall–Kier alpha value is -3.08. The van der Waals surface area contributed by atoms with Crippen LogP contribution in [0.2, 0.25) is 0 Å². The van der Waals surface area contributed by atoms with E-state index in [1.54, 1.807) is 6.07 Å². The Morgan fingerprint density at radius 1 is 1.09 bits per heavy atom. The molecule has 4 rings (SSSR count). The van der Waals surface area contributed by atoms with Crippen LogP contribution in [0.25, 0.3) is 22.0 Å². The fourth-order valence-corrected chi connectivity index (χ4v) is 4.39. The van der Waals surface area contributed by atoms with Crippen LogP contribution in [0.15, 0.2) is 42.6 Å². The van der Waals surface area contributed by atoms with Gasteiger partial charge in [0, 0.05) is 55.4 Å². The van der Waals surface area contributed by atoms with Gasteiger partial charge in [0.1, 0.15) is 5.75 Å². The highest BCUT2D eigenvalue weighted by Gasteiger charge is 2.31. The average Bonchev–Trinajstić information content (AvgIpc) is 3.14. The summed E-state index contributed by atoms with van der Waals surface area (Å²) < 4.78 is 44.3. The Morgan fingerprint density at radius 2 is 1.91 bits per heavy atom. The summed E-state index contributed by atoms with van der Waals surface area (Å²) in [6.07, 6.45) is -1.99. The molecule has 0 spiro atoms. The number of nitrogens with two attached hydrogens (primary N) is 2. The maximum Gasteiger partial charge on any atom is 0.573 e. The molecule has 0 saturated carbocycles. The number of aromatic nitrogens is 1. The molecule has 182 valence electrons. The number of benzene rings is 2. The molecule has 2 aromatic carbocycles. The molecular weight excluding hydrogens is 447 g/mol. The molecule has 5 N–H and O–H groups in total. The number of fused-ring (bicyclic) bond motifs is 1. The van der Waals surface area contributed by atoms with E-state index in [1.165, 1.54) is 12.1 Å². The van der Waals surface area contributed by atoms with Crippen molar-refractivity contribution in [2.24, 2.45) is 11.5 Å². The molecule has 0 unspecified atom stereocenters. The summed E-state index contributed by atoms with van der Waals surface area (Å²) in [6, 6.07) is 10.4. The van der Waals surface area contributed by atoms with E-state index < -0.39 is 6.36 Å². The Balaban J connectivity index is 1.75. The minimum Gasteiger partial charge on any atom is -0.406 e. The summed E-state index contributed by atoms with van der Waals surface area (Å²) in [5, 5.41) is 3.79. The molecule has 0 aliphatic carbocycles. The van der Waals surface area contributed by atoms with Crippen molar-refractivity contribution in [3.63, 3.8) is 0 Å². The van der Waals surface area contributed by atoms with Crippen molar-refractivity contribution in [1.29, 1.82) is 0 Å². The highest BCUT2D eigenvalue weighted by molar-refractivity contribution is 5.97. The summed E-state index contributed by atoms with van der Waals surface area (Å²) in [5.74, 6) is -0.289. The van der Waals surface area contributed by atoms with Crippen molar-refractivity contribution < 1.29 is 22.7 Å². The zero-order chi connectivity index (χ0) is 24.3. The quantitative estimate of drug-likeness (QED) is 0.465. The number of rotatable bonds is 8. The number of hydrogen-bond donors (Lipinski definition) is 3. The molecule has 1 saturated heterocycles. The van der Waals surface area contributed by atoms with Gasteiger partial charge in [0.05, 0.1) is 6.54 Å². The summed E-state index contributed by atoms with van der Waals surface area (Å²) >= 11 is 0. The van der Waals surface area contributed by atoms with Crippen LogP contribution in [0.5, 0.6) is 5.75 Å². The number of nitrogens with one attached hydrogen (secondary N) is 1. The number of carbonyl (C=O) groups excluding carboxylic acids is 1. The smallest absolute Gasteiger partial charge is 0.406 e. The maximum absolute atomic E-state index is 12.7. The molecule has 1 aliphatic rings. The van der Waals surface area contributed by atoms with Gasteiger partial charge in [0.25, 0.3) is 0 Å². The fraction of sp³-hybridized carbons (Fsp3) is 0.375. The van der Waals surface area contributed by atoms with Crippen molar-refractivity contribution in [2.75, 3.05) is 26.2 Å². The average molecular weight is 476 g/mol. The number of alkyl halides is 3. The number of nitrogens with zero attached hydrogens (tertiary/aromatic N) is 2. The van der Waals surface area contributed by atoms with Gasteiger partial charge < -0.3 is 26.1 Å². The van der Waals surface area contributed by atoms with E-state index in [2.05, 4.69) is 25.6 Å². The van der Waals surface area contributed by atoms with Crippen molar-refractivity contribution >= 4 is 16.8 Å². The zero-order valence-corrected chi connectivity index (χ0v) is 18.7. The SMILES string of the molecule is NCCCn1cc(-c2ccc(OC(F)(F)F)cc2CN)c2cc(CN3CCNC(=O)C3)ccc21. The predicted molar refractivity (Wildman–Crippen MR) is 124 cm³/mol. The van der Waals surface area contributed by atoms with Crippen molar-refractivity contribution in [3.05, 3.63) is 53.7 Å². The third-order valence-corrected chi connectivity index (χ3v) is 5.89. The van der Waals surface area contributed by atoms with Gasteiger partial charge in [-0.15, -0.1) is 13.2 Å². The first-order chi connectivity index (χ1) is 16.3. The van der Waals surface area contributed by atoms with E-state index >= 15 is 0 Å². The second-order valence-electron chi connectivity index (χ2n) is 8.36. The molecule has 10 heteroatoms. The first-order valence-corrected chi connectivity index (χ1v) is 11.2. The summed E-state index contributed by atoms with van der Waals surface area (Å²) in [7, 11) is 0. The Labute approximate surface area is 195 Å². The van der Waals surface area contributed by atoms with Gasteiger partial charge in [-0.1, -0.05) is 12.1 Å². The molecule has 2 heterocycles. The number of aryl methyl sites for hydroxylation is 1. The van der Waals surface area contributed by atoms with Gasteiger partial charge in [-0.2, -0.15) is 0 Å². The van der Waals surface area contributed by atoms with Gasteiger partial charge >= 0.3 is 6.36 Å². The maximum atomic E-state index is 12.7. The van der Waals surface area contributed by atoms with Gasteiger partial charge in [-0.25, -0.2) is 0 Å². The highest BCUT2D eigenvalue weighted by Crippen LogP contribution is 2.36. The Kier molecular flexibility index (Phi) is 7.11. The number of hydrogen-bond acceptors (Lipinski definition) is 5. The first kappa shape index (κ1) is 24.1. The van der Waals surface area contributed by atoms with E-state index in [1.807, 2.05) is 18.3 Å². The molecule has 1 amide bonds. The second-order valence-corrected chi connectivity index (χ2v) is 8.36. The standard InChI is InChI=1S/C24H28F3N5O2/c25-24(26,27)34-18-3-4-19(17(11-18)12-29)21-14-32(8-1-6-28)22-5-2-16(10-20(21)22)13-31-9-7-30-23(33)15-31/h2-5,10-11,14H,1,6-9,12-13,15,28-29H2,(H,30,33). The molecule has 3 aromatic rings. The minimum absolute atomic E-state index is 0.00899.